The second-order valence-electron chi connectivity index (χ2n) is 11.6. The van der Waals surface area contributed by atoms with Crippen molar-refractivity contribution in [2.45, 2.75) is 62.6 Å². The van der Waals surface area contributed by atoms with Gasteiger partial charge in [-0.3, -0.25) is 13.9 Å². The minimum Gasteiger partial charge on any atom is -0.352 e. The smallest absolute Gasteiger partial charge is 0.264 e. The molecule has 0 aromatic heterocycles. The van der Waals surface area contributed by atoms with Crippen molar-refractivity contribution in [2.75, 3.05) is 10.8 Å². The molecule has 1 N–H and O–H groups in total. The van der Waals surface area contributed by atoms with Crippen LogP contribution in [0.2, 0.25) is 5.02 Å². The summed E-state index contributed by atoms with van der Waals surface area (Å²) in [6, 6.07) is 29.2. The molecule has 0 bridgehead atoms. The standard InChI is InChI=1S/C36H37BrClN3O4S/c1-26-16-21-30(38)23-33(26)41(46(44,45)32-14-6-3-7-15-32)25-35(42)40(24-28-17-19-29(37)20-18-28)34(22-27-10-4-2-5-11-27)36(43)39-31-12-8-9-13-31/h2-7,10-11,14-21,23,31,34H,8-9,12-13,22,24-25H2,1H3,(H,39,43)/t34-/m0/s1. The summed E-state index contributed by atoms with van der Waals surface area (Å²) >= 11 is 9.84. The third-order valence-electron chi connectivity index (χ3n) is 8.29. The number of sulfonamides is 1. The largest absolute Gasteiger partial charge is 0.352 e. The van der Waals surface area contributed by atoms with Crippen LogP contribution in [0.3, 0.4) is 0 Å². The van der Waals surface area contributed by atoms with Crippen LogP contribution in [0.1, 0.15) is 42.4 Å². The molecular weight excluding hydrogens is 686 g/mol. The number of carbonyl (C=O) groups is 2. The fourth-order valence-corrected chi connectivity index (χ4v) is 7.71. The first kappa shape index (κ1) is 33.7. The molecule has 0 aliphatic heterocycles. The molecule has 5 rings (SSSR count). The van der Waals surface area contributed by atoms with E-state index in [2.05, 4.69) is 21.2 Å². The first-order valence-electron chi connectivity index (χ1n) is 15.3. The molecule has 0 spiro atoms. The van der Waals surface area contributed by atoms with Gasteiger partial charge in [-0.05, 0) is 72.9 Å². The third-order valence-corrected chi connectivity index (χ3v) is 10.8. The second-order valence-corrected chi connectivity index (χ2v) is 14.8. The van der Waals surface area contributed by atoms with Crippen LogP contribution in [0.15, 0.2) is 112 Å². The van der Waals surface area contributed by atoms with Crippen molar-refractivity contribution in [2.24, 2.45) is 0 Å². The Hall–Kier alpha value is -3.66. The van der Waals surface area contributed by atoms with Crippen LogP contribution in [0.5, 0.6) is 0 Å². The Bertz CT molecular complexity index is 1750. The highest BCUT2D eigenvalue weighted by molar-refractivity contribution is 9.10. The monoisotopic (exact) mass is 721 g/mol. The van der Waals surface area contributed by atoms with Gasteiger partial charge in [-0.15, -0.1) is 0 Å². The lowest BCUT2D eigenvalue weighted by atomic mass is 10.0. The molecule has 46 heavy (non-hydrogen) atoms. The highest BCUT2D eigenvalue weighted by atomic mass is 79.9. The Morgan fingerprint density at radius 3 is 2.17 bits per heavy atom. The first-order valence-corrected chi connectivity index (χ1v) is 17.9. The number of nitrogens with one attached hydrogen (secondary N) is 1. The normalized spacial score (nSPS) is 14.1. The van der Waals surface area contributed by atoms with Crippen molar-refractivity contribution in [3.05, 3.63) is 129 Å². The van der Waals surface area contributed by atoms with E-state index in [1.54, 1.807) is 43.3 Å². The zero-order valence-corrected chi connectivity index (χ0v) is 28.8. The number of anilines is 1. The highest BCUT2D eigenvalue weighted by Gasteiger charge is 2.36. The molecule has 7 nitrogen and oxygen atoms in total. The van der Waals surface area contributed by atoms with Gasteiger partial charge in [-0.25, -0.2) is 8.42 Å². The summed E-state index contributed by atoms with van der Waals surface area (Å²) < 4.78 is 30.4. The van der Waals surface area contributed by atoms with Gasteiger partial charge < -0.3 is 10.2 Å². The molecule has 0 radical (unpaired) electrons. The minimum atomic E-state index is -4.20. The van der Waals surface area contributed by atoms with Crippen LogP contribution in [0.25, 0.3) is 0 Å². The molecule has 1 saturated carbocycles. The number of halogens is 2. The SMILES string of the molecule is Cc1ccc(Cl)cc1N(CC(=O)N(Cc1ccc(Br)cc1)[C@@H](Cc1ccccc1)C(=O)NC1CCCC1)S(=O)(=O)c1ccccc1. The molecule has 1 aliphatic rings. The molecule has 1 aliphatic carbocycles. The lowest BCUT2D eigenvalue weighted by Gasteiger charge is -2.34. The number of nitrogens with zero attached hydrogens (tertiary/aromatic N) is 2. The topological polar surface area (TPSA) is 86.8 Å². The zero-order chi connectivity index (χ0) is 32.7. The van der Waals surface area contributed by atoms with E-state index < -0.39 is 28.5 Å². The van der Waals surface area contributed by atoms with Crippen molar-refractivity contribution in [1.82, 2.24) is 10.2 Å². The molecule has 240 valence electrons. The van der Waals surface area contributed by atoms with Crippen molar-refractivity contribution in [3.63, 3.8) is 0 Å². The minimum absolute atomic E-state index is 0.0412. The van der Waals surface area contributed by atoms with E-state index in [4.69, 9.17) is 11.6 Å². The summed E-state index contributed by atoms with van der Waals surface area (Å²) in [5.74, 6) is -0.762. The summed E-state index contributed by atoms with van der Waals surface area (Å²) in [5, 5.41) is 3.54. The number of amides is 2. The van der Waals surface area contributed by atoms with Gasteiger partial charge in [-0.1, -0.05) is 107 Å². The fraction of sp³-hybridized carbons (Fsp3) is 0.278. The molecule has 1 fully saturated rings. The van der Waals surface area contributed by atoms with E-state index in [0.29, 0.717) is 16.3 Å². The molecule has 0 unspecified atom stereocenters. The van der Waals surface area contributed by atoms with Crippen molar-refractivity contribution < 1.29 is 18.0 Å². The Labute approximate surface area is 284 Å². The fourth-order valence-electron chi connectivity index (χ4n) is 5.79. The van der Waals surface area contributed by atoms with Gasteiger partial charge in [0.1, 0.15) is 12.6 Å². The molecule has 4 aromatic rings. The van der Waals surface area contributed by atoms with Crippen LogP contribution in [0, 0.1) is 6.92 Å². The van der Waals surface area contributed by atoms with Gasteiger partial charge in [0, 0.05) is 28.5 Å². The maximum atomic E-state index is 14.6. The number of hydrogen-bond donors (Lipinski definition) is 1. The Morgan fingerprint density at radius 2 is 1.52 bits per heavy atom. The average molecular weight is 723 g/mol. The maximum Gasteiger partial charge on any atom is 0.264 e. The average Bonchev–Trinajstić information content (AvgIpc) is 3.57. The van der Waals surface area contributed by atoms with E-state index in [1.807, 2.05) is 54.6 Å². The van der Waals surface area contributed by atoms with Crippen LogP contribution in [-0.4, -0.2) is 43.8 Å². The summed E-state index contributed by atoms with van der Waals surface area (Å²) in [4.78, 5) is 30.3. The lowest BCUT2D eigenvalue weighted by Crippen LogP contribution is -2.54. The quantitative estimate of drug-likeness (QED) is 0.166. The number of rotatable bonds is 12. The first-order chi connectivity index (χ1) is 22.1. The van der Waals surface area contributed by atoms with Gasteiger partial charge in [0.25, 0.3) is 10.0 Å². The van der Waals surface area contributed by atoms with E-state index in [9.17, 15) is 18.0 Å². The van der Waals surface area contributed by atoms with E-state index >= 15 is 0 Å². The molecule has 1 atom stereocenters. The van der Waals surface area contributed by atoms with Crippen LogP contribution < -0.4 is 9.62 Å². The van der Waals surface area contributed by atoms with Gasteiger partial charge in [0.05, 0.1) is 10.6 Å². The van der Waals surface area contributed by atoms with Crippen molar-refractivity contribution in [3.8, 4) is 0 Å². The molecule has 0 heterocycles. The number of carbonyl (C=O) groups excluding carboxylic acids is 2. The Balaban J connectivity index is 1.58. The van der Waals surface area contributed by atoms with Gasteiger partial charge in [0.2, 0.25) is 11.8 Å². The molecule has 10 heteroatoms. The zero-order valence-electron chi connectivity index (χ0n) is 25.6. The Kier molecular flexibility index (Phi) is 11.2. The second kappa shape index (κ2) is 15.3. The number of hydrogen-bond acceptors (Lipinski definition) is 4. The van der Waals surface area contributed by atoms with E-state index in [-0.39, 0.29) is 29.8 Å². The number of benzene rings is 4. The number of aryl methyl sites for hydroxylation is 1. The predicted molar refractivity (Wildman–Crippen MR) is 186 cm³/mol. The molecule has 4 aromatic carbocycles. The van der Waals surface area contributed by atoms with Crippen molar-refractivity contribution in [1.29, 1.82) is 0 Å². The van der Waals surface area contributed by atoms with Gasteiger partial charge in [-0.2, -0.15) is 0 Å². The Morgan fingerprint density at radius 1 is 0.891 bits per heavy atom. The van der Waals surface area contributed by atoms with Crippen LogP contribution >= 0.6 is 27.5 Å². The maximum absolute atomic E-state index is 14.6. The van der Waals surface area contributed by atoms with Crippen molar-refractivity contribution >= 4 is 55.1 Å². The summed E-state index contributed by atoms with van der Waals surface area (Å²) in [7, 11) is -4.20. The van der Waals surface area contributed by atoms with E-state index in [1.165, 1.54) is 17.0 Å². The van der Waals surface area contributed by atoms with Crippen LogP contribution in [-0.2, 0) is 32.6 Å². The third kappa shape index (κ3) is 8.37. The molecular formula is C36H37BrClN3O4S. The van der Waals surface area contributed by atoms with E-state index in [0.717, 1.165) is 45.6 Å². The van der Waals surface area contributed by atoms with Crippen LogP contribution in [0.4, 0.5) is 5.69 Å². The summed E-state index contributed by atoms with van der Waals surface area (Å²) in [6.07, 6.45) is 4.13. The predicted octanol–water partition coefficient (Wildman–Crippen LogP) is 7.31. The molecule has 2 amide bonds. The van der Waals surface area contributed by atoms with Gasteiger partial charge >= 0.3 is 0 Å². The van der Waals surface area contributed by atoms with Gasteiger partial charge in [0.15, 0.2) is 0 Å². The summed E-state index contributed by atoms with van der Waals surface area (Å²) in [6.45, 7) is 1.35. The molecule has 0 saturated heterocycles. The summed E-state index contributed by atoms with van der Waals surface area (Å²) in [5.41, 5.74) is 2.63. The lowest BCUT2D eigenvalue weighted by molar-refractivity contribution is -0.140. The highest BCUT2D eigenvalue weighted by Crippen LogP contribution is 2.30.